The molecule has 0 aliphatic rings. The van der Waals surface area contributed by atoms with Crippen LogP contribution < -0.4 is 0 Å². The Morgan fingerprint density at radius 3 is 2.83 bits per heavy atom. The summed E-state index contributed by atoms with van der Waals surface area (Å²) in [4.78, 5) is 13.2. The number of nitriles is 1. The van der Waals surface area contributed by atoms with Crippen LogP contribution in [0.25, 0.3) is 28.3 Å². The number of benzene rings is 1. The van der Waals surface area contributed by atoms with Crippen molar-refractivity contribution in [3.63, 3.8) is 0 Å². The summed E-state index contributed by atoms with van der Waals surface area (Å²) >= 11 is 0. The first-order chi connectivity index (χ1) is 11.8. The lowest BCUT2D eigenvalue weighted by atomic mass is 10.0. The zero-order valence-electron chi connectivity index (χ0n) is 13.0. The first kappa shape index (κ1) is 14.1. The van der Waals surface area contributed by atoms with Gasteiger partial charge in [0, 0.05) is 29.2 Å². The van der Waals surface area contributed by atoms with Gasteiger partial charge in [-0.05, 0) is 31.2 Å². The molecule has 0 saturated carbocycles. The fraction of sp³-hybridized carbons (Fsp3) is 0.0526. The number of hydrogen-bond acceptors (Lipinski definition) is 4. The standard InChI is InChI=1S/C19H13N5/c1-13-7-9-24-18(12-22-19(24)23-13)14-6-8-21-17(10-14)16-5-3-2-4-15(16)11-20/h2-10,12H,1H3. The molecule has 3 heterocycles. The van der Waals surface area contributed by atoms with E-state index in [4.69, 9.17) is 0 Å². The van der Waals surface area contributed by atoms with Gasteiger partial charge in [-0.2, -0.15) is 5.26 Å². The van der Waals surface area contributed by atoms with E-state index in [0.29, 0.717) is 11.3 Å². The Morgan fingerprint density at radius 1 is 1.08 bits per heavy atom. The molecule has 5 nitrogen and oxygen atoms in total. The van der Waals surface area contributed by atoms with Gasteiger partial charge in [-0.15, -0.1) is 0 Å². The summed E-state index contributed by atoms with van der Waals surface area (Å²) in [6.45, 7) is 1.94. The minimum atomic E-state index is 0.609. The van der Waals surface area contributed by atoms with E-state index >= 15 is 0 Å². The molecule has 24 heavy (non-hydrogen) atoms. The third-order valence-electron chi connectivity index (χ3n) is 3.90. The number of pyridine rings is 1. The van der Waals surface area contributed by atoms with E-state index in [2.05, 4.69) is 21.0 Å². The molecule has 5 heteroatoms. The molecule has 114 valence electrons. The topological polar surface area (TPSA) is 66.9 Å². The second-order valence-electron chi connectivity index (χ2n) is 5.47. The number of nitrogens with zero attached hydrogens (tertiary/aromatic N) is 5. The van der Waals surface area contributed by atoms with Crippen molar-refractivity contribution in [2.45, 2.75) is 6.92 Å². The van der Waals surface area contributed by atoms with Gasteiger partial charge in [0.15, 0.2) is 0 Å². The van der Waals surface area contributed by atoms with Crippen LogP contribution in [0, 0.1) is 18.3 Å². The average molecular weight is 311 g/mol. The highest BCUT2D eigenvalue weighted by Crippen LogP contribution is 2.26. The third kappa shape index (κ3) is 2.31. The summed E-state index contributed by atoms with van der Waals surface area (Å²) < 4.78 is 1.95. The maximum absolute atomic E-state index is 9.30. The van der Waals surface area contributed by atoms with Crippen molar-refractivity contribution in [2.24, 2.45) is 0 Å². The maximum Gasteiger partial charge on any atom is 0.234 e. The Balaban J connectivity index is 1.87. The molecule has 0 aliphatic carbocycles. The van der Waals surface area contributed by atoms with Crippen molar-refractivity contribution >= 4 is 5.78 Å². The third-order valence-corrected chi connectivity index (χ3v) is 3.90. The number of imidazole rings is 1. The van der Waals surface area contributed by atoms with Crippen molar-refractivity contribution in [3.05, 3.63) is 72.3 Å². The Hall–Kier alpha value is -3.52. The molecule has 4 aromatic rings. The van der Waals surface area contributed by atoms with Crippen molar-refractivity contribution < 1.29 is 0 Å². The molecular formula is C19H13N5. The van der Waals surface area contributed by atoms with E-state index in [0.717, 1.165) is 28.2 Å². The first-order valence-corrected chi connectivity index (χ1v) is 7.53. The molecule has 0 radical (unpaired) electrons. The summed E-state index contributed by atoms with van der Waals surface area (Å²) in [5.41, 5.74) is 5.04. The quantitative estimate of drug-likeness (QED) is 0.567. The van der Waals surface area contributed by atoms with Crippen molar-refractivity contribution in [3.8, 4) is 28.6 Å². The Labute approximate surface area is 138 Å². The lowest BCUT2D eigenvalue weighted by Gasteiger charge is -2.06. The SMILES string of the molecule is Cc1ccn2c(-c3ccnc(-c4ccccc4C#N)c3)cnc2n1. The van der Waals surface area contributed by atoms with Gasteiger partial charge in [-0.3, -0.25) is 9.38 Å². The van der Waals surface area contributed by atoms with Gasteiger partial charge in [0.05, 0.1) is 29.2 Å². The van der Waals surface area contributed by atoms with E-state index in [1.807, 2.05) is 53.9 Å². The van der Waals surface area contributed by atoms with Crippen LogP contribution in [0.1, 0.15) is 11.3 Å². The van der Waals surface area contributed by atoms with Gasteiger partial charge in [-0.25, -0.2) is 9.97 Å². The molecule has 0 amide bonds. The molecule has 0 atom stereocenters. The smallest absolute Gasteiger partial charge is 0.234 e. The lowest BCUT2D eigenvalue weighted by Crippen LogP contribution is -1.93. The maximum atomic E-state index is 9.30. The van der Waals surface area contributed by atoms with E-state index in [9.17, 15) is 5.26 Å². The second-order valence-corrected chi connectivity index (χ2v) is 5.47. The summed E-state index contributed by atoms with van der Waals surface area (Å²) in [7, 11) is 0. The summed E-state index contributed by atoms with van der Waals surface area (Å²) in [5.74, 6) is 0.667. The number of hydrogen-bond donors (Lipinski definition) is 0. The highest BCUT2D eigenvalue weighted by Gasteiger charge is 2.10. The molecule has 0 bridgehead atoms. The molecule has 0 N–H and O–H groups in total. The second kappa shape index (κ2) is 5.60. The van der Waals surface area contributed by atoms with Gasteiger partial charge in [0.25, 0.3) is 0 Å². The highest BCUT2D eigenvalue weighted by molar-refractivity contribution is 5.73. The van der Waals surface area contributed by atoms with Gasteiger partial charge in [0.2, 0.25) is 5.78 Å². The highest BCUT2D eigenvalue weighted by atomic mass is 15.1. The molecular weight excluding hydrogens is 298 g/mol. The number of aryl methyl sites for hydroxylation is 1. The van der Waals surface area contributed by atoms with Gasteiger partial charge in [0.1, 0.15) is 0 Å². The fourth-order valence-electron chi connectivity index (χ4n) is 2.71. The molecule has 4 rings (SSSR count). The van der Waals surface area contributed by atoms with Crippen molar-refractivity contribution in [1.82, 2.24) is 19.4 Å². The van der Waals surface area contributed by atoms with Gasteiger partial charge in [-0.1, -0.05) is 18.2 Å². The van der Waals surface area contributed by atoms with Crippen LogP contribution in [0.2, 0.25) is 0 Å². The molecule has 0 fully saturated rings. The van der Waals surface area contributed by atoms with E-state index in [1.165, 1.54) is 0 Å². The van der Waals surface area contributed by atoms with Crippen LogP contribution in [0.5, 0.6) is 0 Å². The fourth-order valence-corrected chi connectivity index (χ4v) is 2.71. The van der Waals surface area contributed by atoms with Gasteiger partial charge < -0.3 is 0 Å². The summed E-state index contributed by atoms with van der Waals surface area (Å²) in [5, 5.41) is 9.30. The zero-order valence-corrected chi connectivity index (χ0v) is 13.0. The van der Waals surface area contributed by atoms with Crippen LogP contribution in [-0.4, -0.2) is 19.4 Å². The van der Waals surface area contributed by atoms with E-state index in [-0.39, 0.29) is 0 Å². The Kier molecular flexibility index (Phi) is 3.29. The normalized spacial score (nSPS) is 10.7. The number of fused-ring (bicyclic) bond motifs is 1. The van der Waals surface area contributed by atoms with Crippen molar-refractivity contribution in [2.75, 3.05) is 0 Å². The predicted molar refractivity (Wildman–Crippen MR) is 91.1 cm³/mol. The number of aromatic nitrogens is 4. The summed E-state index contributed by atoms with van der Waals surface area (Å²) in [6, 6.07) is 15.5. The van der Waals surface area contributed by atoms with Crippen molar-refractivity contribution in [1.29, 1.82) is 5.26 Å². The van der Waals surface area contributed by atoms with Gasteiger partial charge >= 0.3 is 0 Å². The van der Waals surface area contributed by atoms with Crippen LogP contribution in [0.3, 0.4) is 0 Å². The van der Waals surface area contributed by atoms with Crippen LogP contribution in [0.4, 0.5) is 0 Å². The Morgan fingerprint density at radius 2 is 1.96 bits per heavy atom. The molecule has 1 aromatic carbocycles. The monoisotopic (exact) mass is 311 g/mol. The number of rotatable bonds is 2. The first-order valence-electron chi connectivity index (χ1n) is 7.53. The zero-order chi connectivity index (χ0) is 16.5. The van der Waals surface area contributed by atoms with Crippen LogP contribution in [-0.2, 0) is 0 Å². The van der Waals surface area contributed by atoms with Crippen LogP contribution >= 0.6 is 0 Å². The van der Waals surface area contributed by atoms with E-state index < -0.39 is 0 Å². The Bertz CT molecular complexity index is 1090. The minimum Gasteiger partial charge on any atom is -0.284 e. The molecule has 0 saturated heterocycles. The molecule has 0 spiro atoms. The molecule has 0 aliphatic heterocycles. The van der Waals surface area contributed by atoms with Crippen LogP contribution in [0.15, 0.2) is 61.1 Å². The largest absolute Gasteiger partial charge is 0.284 e. The molecule has 0 unspecified atom stereocenters. The summed E-state index contributed by atoms with van der Waals surface area (Å²) in [6.07, 6.45) is 5.51. The average Bonchev–Trinajstić information content (AvgIpc) is 3.04. The predicted octanol–water partition coefficient (Wildman–Crippen LogP) is 3.64. The lowest BCUT2D eigenvalue weighted by molar-refractivity contribution is 1.07. The minimum absolute atomic E-state index is 0.609. The van der Waals surface area contributed by atoms with E-state index in [1.54, 1.807) is 18.5 Å². The molecule has 3 aromatic heterocycles.